The van der Waals surface area contributed by atoms with E-state index in [9.17, 15) is 10.2 Å². The fourth-order valence-corrected chi connectivity index (χ4v) is 6.86. The molecule has 3 fully saturated rings. The number of rotatable bonds is 4. The lowest BCUT2D eigenvalue weighted by atomic mass is 9.49. The molecule has 6 heteroatoms. The zero-order valence-corrected chi connectivity index (χ0v) is 20.1. The van der Waals surface area contributed by atoms with Crippen LogP contribution >= 0.6 is 0 Å². The number of aliphatic hydroxyl groups is 2. The van der Waals surface area contributed by atoms with Crippen LogP contribution in [0.25, 0.3) is 0 Å². The van der Waals surface area contributed by atoms with E-state index < -0.39 is 5.97 Å². The molecule has 7 atom stereocenters. The molecule has 0 radical (unpaired) electrons. The normalized spacial score (nSPS) is 40.8. The van der Waals surface area contributed by atoms with Crippen molar-refractivity contribution in [3.63, 3.8) is 0 Å². The maximum atomic E-state index is 10.1. The van der Waals surface area contributed by atoms with E-state index in [0.29, 0.717) is 17.3 Å². The predicted octanol–water partition coefficient (Wildman–Crippen LogP) is 2.84. The first-order valence-electron chi connectivity index (χ1n) is 11.2. The number of aliphatic hydroxyl groups excluding tert-OH is 2. The van der Waals surface area contributed by atoms with Crippen molar-refractivity contribution in [3.8, 4) is 0 Å². The van der Waals surface area contributed by atoms with Gasteiger partial charge in [0, 0.05) is 19.1 Å². The van der Waals surface area contributed by atoms with Crippen LogP contribution in [0.1, 0.15) is 65.7 Å². The Hall–Kier alpha value is -0.950. The summed E-state index contributed by atoms with van der Waals surface area (Å²) in [6, 6.07) is 0. The molecule has 3 rings (SSSR count). The molecule has 0 aliphatic heterocycles. The van der Waals surface area contributed by atoms with E-state index in [0.717, 1.165) is 38.6 Å². The van der Waals surface area contributed by atoms with E-state index in [1.54, 1.807) is 0 Å². The molecule has 0 saturated heterocycles. The van der Waals surface area contributed by atoms with Gasteiger partial charge in [-0.2, -0.15) is 0 Å². The van der Waals surface area contributed by atoms with Crippen LogP contribution in [0.2, 0.25) is 0 Å². The third-order valence-electron chi connectivity index (χ3n) is 8.54. The Morgan fingerprint density at radius 2 is 1.80 bits per heavy atom. The van der Waals surface area contributed by atoms with Gasteiger partial charge in [-0.3, -0.25) is 0 Å². The lowest BCUT2D eigenvalue weighted by Gasteiger charge is -2.57. The largest absolute Gasteiger partial charge is 0.550 e. The Morgan fingerprint density at radius 3 is 2.33 bits per heavy atom. The van der Waals surface area contributed by atoms with Crippen LogP contribution in [0.4, 0.5) is 0 Å². The molecule has 6 N–H and O–H groups in total. The van der Waals surface area contributed by atoms with Gasteiger partial charge in [0.1, 0.15) is 0 Å². The molecular weight excluding hydrogens is 380 g/mol. The fraction of sp³-hybridized carbons (Fsp3) is 0.875. The molecule has 3 aliphatic carbocycles. The number of carbonyl (C=O) groups is 1. The first kappa shape index (κ1) is 27.1. The van der Waals surface area contributed by atoms with Crippen LogP contribution in [-0.4, -0.2) is 54.4 Å². The molecule has 0 aromatic carbocycles. The lowest BCUT2D eigenvalue weighted by Crippen LogP contribution is -2.53. The number of fused-ring (bicyclic) bond motifs is 1. The van der Waals surface area contributed by atoms with Gasteiger partial charge >= 0.3 is 0 Å². The van der Waals surface area contributed by atoms with Crippen molar-refractivity contribution in [1.82, 2.24) is 11.1 Å². The number of carbonyl (C=O) groups excluding carboxylic acids is 1. The number of hydrogen-bond donors (Lipinski definition) is 3. The quantitative estimate of drug-likeness (QED) is 0.597. The van der Waals surface area contributed by atoms with Crippen molar-refractivity contribution in [2.45, 2.75) is 71.8 Å². The summed E-state index contributed by atoms with van der Waals surface area (Å²) in [6.07, 6.45) is 7.47. The van der Waals surface area contributed by atoms with Crippen molar-refractivity contribution in [1.29, 1.82) is 0 Å². The van der Waals surface area contributed by atoms with Gasteiger partial charge in [0.25, 0.3) is 0 Å². The van der Waals surface area contributed by atoms with E-state index >= 15 is 0 Å². The second kappa shape index (κ2) is 10.6. The van der Waals surface area contributed by atoms with Crippen molar-refractivity contribution in [3.05, 3.63) is 12.2 Å². The second-order valence-electron chi connectivity index (χ2n) is 10.5. The Balaban J connectivity index is 0.000000827. The Labute approximate surface area is 183 Å². The molecule has 30 heavy (non-hydrogen) atoms. The van der Waals surface area contributed by atoms with Crippen molar-refractivity contribution in [2.24, 2.45) is 34.5 Å². The SMILES string of the molecule is C=C1CCC2[C@@H](CN(C)C)C([C@@]3(C)CC[C@H](O)C[C@@H]3CO)CC[C@@]12C.CC(=O)[O-].[NH4+]. The summed E-state index contributed by atoms with van der Waals surface area (Å²) < 4.78 is 0. The fourth-order valence-electron chi connectivity index (χ4n) is 6.86. The summed E-state index contributed by atoms with van der Waals surface area (Å²) in [5, 5.41) is 29.1. The minimum Gasteiger partial charge on any atom is -0.550 e. The highest BCUT2D eigenvalue weighted by atomic mass is 16.4. The molecule has 176 valence electrons. The van der Waals surface area contributed by atoms with Gasteiger partial charge in [-0.05, 0) is 100 Å². The second-order valence-corrected chi connectivity index (χ2v) is 10.5. The standard InChI is InChI=1S/C22H39NO2.C2H4O2.H3N/c1-15-6-7-19-18(13-23(4)5)20(9-11-21(15,19)2)22(3)10-8-17(25)12-16(22)14-24;1-2(3)4;/h16-20,24-25H,1,6-14H2,2-5H3;1H3,(H,3,4);1H3/t16-,17+,18-,19?,20?,21+,22+;;/m1../s1. The van der Waals surface area contributed by atoms with E-state index in [2.05, 4.69) is 39.4 Å². The number of carboxylic acid groups (broad SMARTS) is 1. The molecule has 0 aromatic rings. The smallest absolute Gasteiger partial charge is 0.0544 e. The number of aliphatic carboxylic acids is 1. The first-order chi connectivity index (χ1) is 13.5. The average molecular weight is 427 g/mol. The van der Waals surface area contributed by atoms with E-state index in [-0.39, 0.29) is 30.2 Å². The van der Waals surface area contributed by atoms with Crippen molar-refractivity contribution in [2.75, 3.05) is 27.2 Å². The molecule has 2 unspecified atom stereocenters. The van der Waals surface area contributed by atoms with Gasteiger partial charge in [-0.25, -0.2) is 0 Å². The summed E-state index contributed by atoms with van der Waals surface area (Å²) in [7, 11) is 4.40. The molecule has 0 aromatic heterocycles. The highest BCUT2D eigenvalue weighted by Crippen LogP contribution is 2.63. The van der Waals surface area contributed by atoms with E-state index in [1.807, 2.05) is 0 Å². The van der Waals surface area contributed by atoms with Crippen LogP contribution in [0.3, 0.4) is 0 Å². The molecule has 0 heterocycles. The van der Waals surface area contributed by atoms with Gasteiger partial charge in [0.15, 0.2) is 0 Å². The van der Waals surface area contributed by atoms with Crippen LogP contribution in [0.15, 0.2) is 12.2 Å². The predicted molar refractivity (Wildman–Crippen MR) is 120 cm³/mol. The highest BCUT2D eigenvalue weighted by Gasteiger charge is 2.56. The monoisotopic (exact) mass is 426 g/mol. The Bertz CT molecular complexity index is 592. The van der Waals surface area contributed by atoms with Crippen molar-refractivity contribution >= 4 is 5.97 Å². The minimum absolute atomic E-state index is 0. The molecule has 0 spiro atoms. The summed E-state index contributed by atoms with van der Waals surface area (Å²) >= 11 is 0. The summed E-state index contributed by atoms with van der Waals surface area (Å²) in [5.41, 5.74) is 1.94. The summed E-state index contributed by atoms with van der Waals surface area (Å²) in [5.74, 6) is 1.19. The zero-order chi connectivity index (χ0) is 22.0. The van der Waals surface area contributed by atoms with Gasteiger partial charge in [0.2, 0.25) is 0 Å². The number of carboxylic acids is 1. The summed E-state index contributed by atoms with van der Waals surface area (Å²) in [4.78, 5) is 11.2. The molecule has 0 bridgehead atoms. The number of hydrogen-bond acceptors (Lipinski definition) is 5. The van der Waals surface area contributed by atoms with Gasteiger partial charge < -0.3 is 31.2 Å². The van der Waals surface area contributed by atoms with Gasteiger partial charge in [-0.15, -0.1) is 0 Å². The first-order valence-corrected chi connectivity index (χ1v) is 11.2. The van der Waals surface area contributed by atoms with E-state index in [1.165, 1.54) is 31.3 Å². The van der Waals surface area contributed by atoms with Crippen LogP contribution in [0, 0.1) is 34.5 Å². The average Bonchev–Trinajstić information content (AvgIpc) is 2.92. The number of allylic oxidation sites excluding steroid dienone is 1. The number of quaternary nitrogens is 1. The molecule has 6 nitrogen and oxygen atoms in total. The van der Waals surface area contributed by atoms with Crippen LogP contribution in [-0.2, 0) is 4.79 Å². The van der Waals surface area contributed by atoms with E-state index in [4.69, 9.17) is 9.90 Å². The Morgan fingerprint density at radius 1 is 1.20 bits per heavy atom. The molecule has 3 aliphatic rings. The molecule has 3 saturated carbocycles. The van der Waals surface area contributed by atoms with Gasteiger partial charge in [0.05, 0.1) is 6.10 Å². The highest BCUT2D eigenvalue weighted by molar-refractivity contribution is 5.60. The topological polar surface area (TPSA) is 120 Å². The molecular formula is C24H46N2O4. The molecule has 0 amide bonds. The maximum absolute atomic E-state index is 10.1. The minimum atomic E-state index is -1.08. The third kappa shape index (κ3) is 5.45. The maximum Gasteiger partial charge on any atom is 0.0544 e. The van der Waals surface area contributed by atoms with Gasteiger partial charge in [-0.1, -0.05) is 26.0 Å². The van der Waals surface area contributed by atoms with Crippen LogP contribution < -0.4 is 11.3 Å². The van der Waals surface area contributed by atoms with Crippen LogP contribution in [0.5, 0.6) is 0 Å². The lowest BCUT2D eigenvalue weighted by molar-refractivity contribution is -0.302. The zero-order valence-electron chi connectivity index (χ0n) is 20.1. The number of nitrogens with zero attached hydrogens (tertiary/aromatic N) is 1. The van der Waals surface area contributed by atoms with Crippen molar-refractivity contribution < 1.29 is 20.1 Å². The summed E-state index contributed by atoms with van der Waals surface area (Å²) in [6.45, 7) is 11.6. The third-order valence-corrected chi connectivity index (χ3v) is 8.54. The Kier molecular flexibility index (Phi) is 9.55.